The monoisotopic (exact) mass is 249 g/mol. The molecule has 3 heteroatoms. The highest BCUT2D eigenvalue weighted by Gasteiger charge is 2.23. The van der Waals surface area contributed by atoms with Gasteiger partial charge in [-0.3, -0.25) is 4.79 Å². The van der Waals surface area contributed by atoms with Crippen LogP contribution in [0.15, 0.2) is 18.2 Å². The summed E-state index contributed by atoms with van der Waals surface area (Å²) in [7, 11) is 0. The molecule has 1 aromatic carbocycles. The summed E-state index contributed by atoms with van der Waals surface area (Å²) in [6.45, 7) is 11.6. The van der Waals surface area contributed by atoms with Crippen LogP contribution in [0.25, 0.3) is 0 Å². The number of benzene rings is 1. The molecule has 0 saturated heterocycles. The summed E-state index contributed by atoms with van der Waals surface area (Å²) < 4.78 is 0. The Morgan fingerprint density at radius 1 is 1.11 bits per heavy atom. The smallest absolute Gasteiger partial charge is 0.168 e. The standard InChI is InChI=1S/C15H23NO2/c1-14(2,3)13(18)10-7-8-11(12(17)9-10)16-15(4,5)6/h7-9,16-17H,1-6H3. The van der Waals surface area contributed by atoms with Crippen LogP contribution in [0.2, 0.25) is 0 Å². The number of carbonyl (C=O) groups excluding carboxylic acids is 1. The highest BCUT2D eigenvalue weighted by molar-refractivity contribution is 6.00. The Hall–Kier alpha value is -1.51. The van der Waals surface area contributed by atoms with E-state index in [1.54, 1.807) is 12.1 Å². The summed E-state index contributed by atoms with van der Waals surface area (Å²) in [5.74, 6) is 0.139. The van der Waals surface area contributed by atoms with E-state index in [0.29, 0.717) is 11.3 Å². The topological polar surface area (TPSA) is 49.3 Å². The fraction of sp³-hybridized carbons (Fsp3) is 0.533. The van der Waals surface area contributed by atoms with E-state index < -0.39 is 5.41 Å². The average Bonchev–Trinajstić information content (AvgIpc) is 2.16. The molecule has 0 heterocycles. The molecule has 0 aromatic heterocycles. The van der Waals surface area contributed by atoms with E-state index in [4.69, 9.17) is 0 Å². The zero-order chi connectivity index (χ0) is 14.1. The van der Waals surface area contributed by atoms with E-state index in [0.717, 1.165) is 0 Å². The first-order chi connectivity index (χ1) is 8.00. The highest BCUT2D eigenvalue weighted by atomic mass is 16.3. The molecular formula is C15H23NO2. The van der Waals surface area contributed by atoms with Crippen LogP contribution in [-0.2, 0) is 0 Å². The minimum Gasteiger partial charge on any atom is -0.506 e. The number of carbonyl (C=O) groups is 1. The average molecular weight is 249 g/mol. The van der Waals surface area contributed by atoms with Gasteiger partial charge in [0.15, 0.2) is 5.78 Å². The minimum atomic E-state index is -0.439. The number of phenolic OH excluding ortho intramolecular Hbond substituents is 1. The summed E-state index contributed by atoms with van der Waals surface area (Å²) in [5, 5.41) is 13.1. The predicted molar refractivity (Wildman–Crippen MR) is 75.3 cm³/mol. The largest absolute Gasteiger partial charge is 0.506 e. The molecule has 2 N–H and O–H groups in total. The Kier molecular flexibility index (Phi) is 3.75. The molecule has 1 aromatic rings. The van der Waals surface area contributed by atoms with Crippen LogP contribution in [0.3, 0.4) is 0 Å². The van der Waals surface area contributed by atoms with Crippen LogP contribution >= 0.6 is 0 Å². The van der Waals surface area contributed by atoms with Gasteiger partial charge in [-0.25, -0.2) is 0 Å². The first-order valence-electron chi connectivity index (χ1n) is 6.17. The SMILES string of the molecule is CC(C)(C)Nc1ccc(C(=O)C(C)(C)C)cc1O. The maximum atomic E-state index is 12.1. The van der Waals surface area contributed by atoms with Gasteiger partial charge in [-0.05, 0) is 39.0 Å². The van der Waals surface area contributed by atoms with Gasteiger partial charge in [-0.2, -0.15) is 0 Å². The Balaban J connectivity index is 3.04. The van der Waals surface area contributed by atoms with Crippen molar-refractivity contribution in [2.45, 2.75) is 47.1 Å². The van der Waals surface area contributed by atoms with Crippen LogP contribution in [0.1, 0.15) is 51.9 Å². The quantitative estimate of drug-likeness (QED) is 0.618. The Labute approximate surface area is 109 Å². The van der Waals surface area contributed by atoms with Gasteiger partial charge >= 0.3 is 0 Å². The summed E-state index contributed by atoms with van der Waals surface area (Å²) in [6, 6.07) is 5.03. The van der Waals surface area contributed by atoms with Crippen molar-refractivity contribution in [2.75, 3.05) is 5.32 Å². The molecule has 1 rings (SSSR count). The van der Waals surface area contributed by atoms with E-state index >= 15 is 0 Å². The van der Waals surface area contributed by atoms with Crippen molar-refractivity contribution in [3.8, 4) is 5.75 Å². The summed E-state index contributed by atoms with van der Waals surface area (Å²) in [6.07, 6.45) is 0. The van der Waals surface area contributed by atoms with E-state index in [1.165, 1.54) is 6.07 Å². The number of hydrogen-bond donors (Lipinski definition) is 2. The number of nitrogens with one attached hydrogen (secondary N) is 1. The lowest BCUT2D eigenvalue weighted by atomic mass is 9.86. The number of anilines is 1. The third-order valence-corrected chi connectivity index (χ3v) is 2.45. The second-order valence-electron chi connectivity index (χ2n) is 6.69. The van der Waals surface area contributed by atoms with Gasteiger partial charge in [0, 0.05) is 16.5 Å². The molecule has 0 unspecified atom stereocenters. The van der Waals surface area contributed by atoms with Crippen molar-refractivity contribution in [2.24, 2.45) is 5.41 Å². The van der Waals surface area contributed by atoms with Crippen molar-refractivity contribution in [1.29, 1.82) is 0 Å². The van der Waals surface area contributed by atoms with Crippen LogP contribution in [0.4, 0.5) is 5.69 Å². The molecule has 0 aliphatic rings. The molecular weight excluding hydrogens is 226 g/mol. The fourth-order valence-electron chi connectivity index (χ4n) is 1.62. The lowest BCUT2D eigenvalue weighted by molar-refractivity contribution is 0.0858. The number of hydrogen-bond acceptors (Lipinski definition) is 3. The summed E-state index contributed by atoms with van der Waals surface area (Å²) in [4.78, 5) is 12.1. The second kappa shape index (κ2) is 4.63. The van der Waals surface area contributed by atoms with E-state index in [2.05, 4.69) is 5.32 Å². The van der Waals surface area contributed by atoms with E-state index in [-0.39, 0.29) is 17.1 Å². The number of aromatic hydroxyl groups is 1. The van der Waals surface area contributed by atoms with Crippen LogP contribution in [0.5, 0.6) is 5.75 Å². The molecule has 0 amide bonds. The fourth-order valence-corrected chi connectivity index (χ4v) is 1.62. The van der Waals surface area contributed by atoms with Gasteiger partial charge in [0.05, 0.1) is 5.69 Å². The zero-order valence-electron chi connectivity index (χ0n) is 12.1. The first-order valence-corrected chi connectivity index (χ1v) is 6.17. The molecule has 0 fully saturated rings. The molecule has 0 saturated carbocycles. The van der Waals surface area contributed by atoms with Crippen LogP contribution in [-0.4, -0.2) is 16.4 Å². The van der Waals surface area contributed by atoms with Crippen LogP contribution in [0, 0.1) is 5.41 Å². The van der Waals surface area contributed by atoms with Crippen molar-refractivity contribution in [1.82, 2.24) is 0 Å². The summed E-state index contributed by atoms with van der Waals surface area (Å²) >= 11 is 0. The third kappa shape index (κ3) is 3.76. The van der Waals surface area contributed by atoms with Gasteiger partial charge < -0.3 is 10.4 Å². The predicted octanol–water partition coefficient (Wildman–Crippen LogP) is 3.83. The lowest BCUT2D eigenvalue weighted by Crippen LogP contribution is -2.26. The van der Waals surface area contributed by atoms with Crippen molar-refractivity contribution in [3.63, 3.8) is 0 Å². The van der Waals surface area contributed by atoms with Crippen molar-refractivity contribution in [3.05, 3.63) is 23.8 Å². The van der Waals surface area contributed by atoms with Crippen LogP contribution < -0.4 is 5.32 Å². The van der Waals surface area contributed by atoms with Gasteiger partial charge in [0.1, 0.15) is 5.75 Å². The van der Waals surface area contributed by atoms with E-state index in [9.17, 15) is 9.90 Å². The maximum Gasteiger partial charge on any atom is 0.168 e. The number of Topliss-reactive ketones (excluding diaryl/α,β-unsaturated/α-hetero) is 1. The third-order valence-electron chi connectivity index (χ3n) is 2.45. The number of phenols is 1. The molecule has 100 valence electrons. The maximum absolute atomic E-state index is 12.1. The normalized spacial score (nSPS) is 12.3. The molecule has 0 aliphatic heterocycles. The second-order valence-corrected chi connectivity index (χ2v) is 6.69. The van der Waals surface area contributed by atoms with Gasteiger partial charge in [0.2, 0.25) is 0 Å². The minimum absolute atomic E-state index is 0.0279. The molecule has 0 aliphatic carbocycles. The molecule has 18 heavy (non-hydrogen) atoms. The number of ketones is 1. The summed E-state index contributed by atoms with van der Waals surface area (Å²) in [5.41, 5.74) is 0.616. The van der Waals surface area contributed by atoms with Gasteiger partial charge in [0.25, 0.3) is 0 Å². The zero-order valence-corrected chi connectivity index (χ0v) is 12.1. The molecule has 0 bridgehead atoms. The lowest BCUT2D eigenvalue weighted by Gasteiger charge is -2.23. The van der Waals surface area contributed by atoms with Gasteiger partial charge in [-0.1, -0.05) is 20.8 Å². The van der Waals surface area contributed by atoms with Crippen molar-refractivity contribution < 1.29 is 9.90 Å². The Bertz CT molecular complexity index is 451. The molecule has 0 atom stereocenters. The van der Waals surface area contributed by atoms with Crippen molar-refractivity contribution >= 4 is 11.5 Å². The Morgan fingerprint density at radius 2 is 1.67 bits per heavy atom. The first kappa shape index (κ1) is 14.6. The van der Waals surface area contributed by atoms with E-state index in [1.807, 2.05) is 41.5 Å². The molecule has 3 nitrogen and oxygen atoms in total. The Morgan fingerprint density at radius 3 is 2.06 bits per heavy atom. The number of rotatable bonds is 2. The highest BCUT2D eigenvalue weighted by Crippen LogP contribution is 2.30. The molecule has 0 spiro atoms. The van der Waals surface area contributed by atoms with Gasteiger partial charge in [-0.15, -0.1) is 0 Å². The molecule has 0 radical (unpaired) electrons.